The maximum Gasteiger partial charge on any atom is 0.226 e. The third kappa shape index (κ3) is 3.14. The van der Waals surface area contributed by atoms with Crippen molar-refractivity contribution in [1.29, 1.82) is 0 Å². The van der Waals surface area contributed by atoms with Crippen molar-refractivity contribution in [1.82, 2.24) is 9.88 Å². The normalized spacial score (nSPS) is 22.0. The second-order valence-electron chi connectivity index (χ2n) is 6.78. The summed E-state index contributed by atoms with van der Waals surface area (Å²) in [5.74, 6) is 1.66. The Hall–Kier alpha value is -2.36. The van der Waals surface area contributed by atoms with Crippen molar-refractivity contribution in [3.05, 3.63) is 59.9 Å². The van der Waals surface area contributed by atoms with Crippen molar-refractivity contribution in [3.8, 4) is 5.75 Å². The number of carbonyl (C=O) groups is 1. The van der Waals surface area contributed by atoms with E-state index in [4.69, 9.17) is 4.74 Å². The minimum atomic E-state index is 0.135. The average molecular weight is 322 g/mol. The molecule has 1 heterocycles. The van der Waals surface area contributed by atoms with Crippen LogP contribution in [0.1, 0.15) is 36.3 Å². The highest BCUT2D eigenvalue weighted by Gasteiger charge is 2.48. The number of aromatic nitrogens is 1. The first-order valence-corrected chi connectivity index (χ1v) is 8.59. The van der Waals surface area contributed by atoms with Crippen LogP contribution in [0.4, 0.5) is 0 Å². The van der Waals surface area contributed by atoms with Crippen molar-refractivity contribution in [2.45, 2.75) is 37.8 Å². The molecule has 2 aromatic rings. The summed E-state index contributed by atoms with van der Waals surface area (Å²) in [5, 5.41) is 0. The Bertz CT molecular complexity index is 710. The van der Waals surface area contributed by atoms with Crippen LogP contribution in [0.2, 0.25) is 0 Å². The van der Waals surface area contributed by atoms with E-state index in [0.717, 1.165) is 30.6 Å². The number of carbonyl (C=O) groups excluding carboxylic acids is 1. The number of methoxy groups -OCH3 is 1. The van der Waals surface area contributed by atoms with E-state index in [1.807, 2.05) is 30.5 Å². The number of rotatable bonds is 6. The topological polar surface area (TPSA) is 42.4 Å². The average Bonchev–Trinajstić information content (AvgIpc) is 3.53. The van der Waals surface area contributed by atoms with Crippen LogP contribution in [-0.2, 0) is 11.3 Å². The van der Waals surface area contributed by atoms with Crippen LogP contribution in [0.25, 0.3) is 0 Å². The first kappa shape index (κ1) is 15.2. The van der Waals surface area contributed by atoms with E-state index >= 15 is 0 Å². The second kappa shape index (κ2) is 6.27. The zero-order chi connectivity index (χ0) is 16.5. The number of hydrogen-bond donors (Lipinski definition) is 0. The van der Waals surface area contributed by atoms with Gasteiger partial charge in [-0.3, -0.25) is 9.78 Å². The summed E-state index contributed by atoms with van der Waals surface area (Å²) in [5.41, 5.74) is 2.35. The molecule has 0 radical (unpaired) electrons. The standard InChI is InChI=1S/C20H22N2O2/c1-24-17-8-4-15(5-9-17)18-11-19(18)20(23)22(16-6-7-16)13-14-3-2-10-21-12-14/h2-5,8-10,12,16,18-19H,6-7,11,13H2,1H3/t18-,19-/m1/s1. The lowest BCUT2D eigenvalue weighted by Crippen LogP contribution is -2.34. The lowest BCUT2D eigenvalue weighted by Gasteiger charge is -2.22. The molecule has 0 bridgehead atoms. The number of amides is 1. The Morgan fingerprint density at radius 2 is 2.04 bits per heavy atom. The SMILES string of the molecule is COc1ccc([C@H]2C[C@H]2C(=O)N(Cc2cccnc2)C2CC2)cc1. The molecular formula is C20H22N2O2. The van der Waals surface area contributed by atoms with Crippen LogP contribution in [0, 0.1) is 5.92 Å². The Balaban J connectivity index is 1.44. The number of nitrogens with zero attached hydrogens (tertiary/aromatic N) is 2. The molecule has 1 amide bonds. The summed E-state index contributed by atoms with van der Waals surface area (Å²) >= 11 is 0. The molecule has 0 unspecified atom stereocenters. The lowest BCUT2D eigenvalue weighted by atomic mass is 10.1. The zero-order valence-electron chi connectivity index (χ0n) is 13.9. The molecule has 0 spiro atoms. The maximum absolute atomic E-state index is 13.0. The van der Waals surface area contributed by atoms with Crippen LogP contribution >= 0.6 is 0 Å². The predicted octanol–water partition coefficient (Wildman–Crippen LogP) is 3.38. The fourth-order valence-electron chi connectivity index (χ4n) is 3.36. The maximum atomic E-state index is 13.0. The van der Waals surface area contributed by atoms with Gasteiger partial charge < -0.3 is 9.64 Å². The highest BCUT2D eigenvalue weighted by Crippen LogP contribution is 2.49. The Labute approximate surface area is 142 Å². The van der Waals surface area contributed by atoms with Crippen molar-refractivity contribution >= 4 is 5.91 Å². The van der Waals surface area contributed by atoms with Crippen LogP contribution in [0.3, 0.4) is 0 Å². The quantitative estimate of drug-likeness (QED) is 0.819. The monoisotopic (exact) mass is 322 g/mol. The van der Waals surface area contributed by atoms with Gasteiger partial charge in [0.05, 0.1) is 7.11 Å². The van der Waals surface area contributed by atoms with Crippen LogP contribution in [0.15, 0.2) is 48.8 Å². The van der Waals surface area contributed by atoms with E-state index in [2.05, 4.69) is 22.0 Å². The second-order valence-corrected chi connectivity index (χ2v) is 6.78. The molecule has 4 heteroatoms. The molecule has 0 saturated heterocycles. The van der Waals surface area contributed by atoms with Gasteiger partial charge in [0.25, 0.3) is 0 Å². The van der Waals surface area contributed by atoms with Crippen molar-refractivity contribution in [2.75, 3.05) is 7.11 Å². The minimum absolute atomic E-state index is 0.135. The molecule has 2 atom stereocenters. The highest BCUT2D eigenvalue weighted by molar-refractivity contribution is 5.83. The summed E-state index contributed by atoms with van der Waals surface area (Å²) in [6.45, 7) is 0.684. The number of ether oxygens (including phenoxy) is 1. The van der Waals surface area contributed by atoms with Crippen molar-refractivity contribution < 1.29 is 9.53 Å². The summed E-state index contributed by atoms with van der Waals surface area (Å²) in [6, 6.07) is 12.5. The zero-order valence-corrected chi connectivity index (χ0v) is 13.9. The first-order chi connectivity index (χ1) is 11.8. The first-order valence-electron chi connectivity index (χ1n) is 8.59. The van der Waals surface area contributed by atoms with Gasteiger partial charge in [0.1, 0.15) is 5.75 Å². The van der Waals surface area contributed by atoms with Gasteiger partial charge in [0.15, 0.2) is 0 Å². The number of benzene rings is 1. The predicted molar refractivity (Wildman–Crippen MR) is 91.7 cm³/mol. The molecule has 4 rings (SSSR count). The summed E-state index contributed by atoms with van der Waals surface area (Å²) in [6.07, 6.45) is 6.85. The van der Waals surface area contributed by atoms with Crippen LogP contribution < -0.4 is 4.74 Å². The van der Waals surface area contributed by atoms with Crippen molar-refractivity contribution in [3.63, 3.8) is 0 Å². The van der Waals surface area contributed by atoms with Gasteiger partial charge >= 0.3 is 0 Å². The summed E-state index contributed by atoms with van der Waals surface area (Å²) < 4.78 is 5.21. The summed E-state index contributed by atoms with van der Waals surface area (Å²) in [4.78, 5) is 19.2. The van der Waals surface area contributed by atoms with E-state index in [-0.39, 0.29) is 5.92 Å². The van der Waals surface area contributed by atoms with E-state index in [1.165, 1.54) is 5.56 Å². The molecule has 4 nitrogen and oxygen atoms in total. The third-order valence-electron chi connectivity index (χ3n) is 5.00. The Morgan fingerprint density at radius 3 is 2.67 bits per heavy atom. The fourth-order valence-corrected chi connectivity index (χ4v) is 3.36. The fraction of sp³-hybridized carbons (Fsp3) is 0.400. The molecule has 1 aromatic heterocycles. The molecule has 2 fully saturated rings. The molecule has 24 heavy (non-hydrogen) atoms. The minimum Gasteiger partial charge on any atom is -0.497 e. The van der Waals surface area contributed by atoms with Gasteiger partial charge in [-0.15, -0.1) is 0 Å². The van der Waals surface area contributed by atoms with Crippen LogP contribution in [0.5, 0.6) is 5.75 Å². The van der Waals surface area contributed by atoms with Crippen LogP contribution in [-0.4, -0.2) is 28.9 Å². The summed E-state index contributed by atoms with van der Waals surface area (Å²) in [7, 11) is 1.67. The molecule has 1 aromatic carbocycles. The lowest BCUT2D eigenvalue weighted by molar-refractivity contribution is -0.133. The van der Waals surface area contributed by atoms with Crippen molar-refractivity contribution in [2.24, 2.45) is 5.92 Å². The third-order valence-corrected chi connectivity index (χ3v) is 5.00. The molecule has 124 valence electrons. The number of pyridine rings is 1. The van der Waals surface area contributed by atoms with E-state index in [9.17, 15) is 4.79 Å². The molecule has 2 aliphatic carbocycles. The molecule has 0 aliphatic heterocycles. The molecule has 2 saturated carbocycles. The van der Waals surface area contributed by atoms with Gasteiger partial charge in [-0.05, 0) is 54.5 Å². The smallest absolute Gasteiger partial charge is 0.226 e. The van der Waals surface area contributed by atoms with Gasteiger partial charge in [0, 0.05) is 30.9 Å². The molecular weight excluding hydrogens is 300 g/mol. The van der Waals surface area contributed by atoms with E-state index < -0.39 is 0 Å². The van der Waals surface area contributed by atoms with Gasteiger partial charge in [-0.2, -0.15) is 0 Å². The Morgan fingerprint density at radius 1 is 1.25 bits per heavy atom. The van der Waals surface area contributed by atoms with Gasteiger partial charge in [0.2, 0.25) is 5.91 Å². The molecule has 2 aliphatic rings. The molecule has 0 N–H and O–H groups in total. The largest absolute Gasteiger partial charge is 0.497 e. The Kier molecular flexibility index (Phi) is 3.97. The van der Waals surface area contributed by atoms with E-state index in [1.54, 1.807) is 13.3 Å². The number of hydrogen-bond acceptors (Lipinski definition) is 3. The highest BCUT2D eigenvalue weighted by atomic mass is 16.5. The van der Waals surface area contributed by atoms with Gasteiger partial charge in [-0.1, -0.05) is 18.2 Å². The van der Waals surface area contributed by atoms with E-state index in [0.29, 0.717) is 24.4 Å². The van der Waals surface area contributed by atoms with Gasteiger partial charge in [-0.25, -0.2) is 0 Å².